The van der Waals surface area contributed by atoms with E-state index >= 15 is 0 Å². The summed E-state index contributed by atoms with van der Waals surface area (Å²) in [6.45, 7) is 3.93. The number of pyridine rings is 1. The van der Waals surface area contributed by atoms with Crippen LogP contribution in [0.3, 0.4) is 0 Å². The van der Waals surface area contributed by atoms with Crippen LogP contribution in [0, 0.1) is 0 Å². The number of hydrogen-bond acceptors (Lipinski definition) is 6. The first-order valence-electron chi connectivity index (χ1n) is 9.43. The Labute approximate surface area is 168 Å². The number of nitrogens with zero attached hydrogens (tertiary/aromatic N) is 4. The van der Waals surface area contributed by atoms with Crippen LogP contribution in [0.1, 0.15) is 6.92 Å². The standard InChI is InChI=1S/C20H21N5O3S/c1-13-11-28-9-8-24(13)20-19-18(25(12-22-19)29(2,26)27)10-17(23-20)14-4-3-5-16-15(14)6-7-21-16/h3-7,10,12-13,21H,8-9,11H2,1-2H3/t13-/m1/s1. The Kier molecular flexibility index (Phi) is 4.11. The second-order valence-electron chi connectivity index (χ2n) is 7.36. The van der Waals surface area contributed by atoms with Crippen LogP contribution in [0.15, 0.2) is 42.9 Å². The highest BCUT2D eigenvalue weighted by atomic mass is 32.2. The molecular formula is C20H21N5O3S. The fourth-order valence-corrected chi connectivity index (χ4v) is 4.64. The first-order chi connectivity index (χ1) is 13.9. The SMILES string of the molecule is C[C@@H]1COCCN1c1nc(-c2cccc3[nH]ccc23)cc2c1ncn2S(C)(=O)=O. The van der Waals surface area contributed by atoms with Gasteiger partial charge in [0.05, 0.1) is 36.7 Å². The van der Waals surface area contributed by atoms with Crippen molar-refractivity contribution >= 4 is 37.8 Å². The van der Waals surface area contributed by atoms with Crippen molar-refractivity contribution in [3.05, 3.63) is 42.9 Å². The zero-order valence-electron chi connectivity index (χ0n) is 16.2. The van der Waals surface area contributed by atoms with Gasteiger partial charge in [0.15, 0.2) is 5.82 Å². The Hall–Kier alpha value is -2.91. The molecule has 0 bridgehead atoms. The average molecular weight is 411 g/mol. The quantitative estimate of drug-likeness (QED) is 0.557. The number of aromatic amines is 1. The van der Waals surface area contributed by atoms with Gasteiger partial charge >= 0.3 is 0 Å². The van der Waals surface area contributed by atoms with Crippen LogP contribution in [0.25, 0.3) is 33.2 Å². The van der Waals surface area contributed by atoms with Gasteiger partial charge in [0.25, 0.3) is 0 Å². The molecule has 0 spiro atoms. The Balaban J connectivity index is 1.82. The molecule has 1 atom stereocenters. The highest BCUT2D eigenvalue weighted by molar-refractivity contribution is 7.89. The average Bonchev–Trinajstić information content (AvgIpc) is 3.34. The molecular weight excluding hydrogens is 390 g/mol. The normalized spacial score (nSPS) is 18.0. The second-order valence-corrected chi connectivity index (χ2v) is 9.22. The lowest BCUT2D eigenvalue weighted by Crippen LogP contribution is -2.44. The second kappa shape index (κ2) is 6.57. The van der Waals surface area contributed by atoms with E-state index in [0.29, 0.717) is 42.3 Å². The molecule has 1 aliphatic heterocycles. The predicted molar refractivity (Wildman–Crippen MR) is 113 cm³/mol. The van der Waals surface area contributed by atoms with Gasteiger partial charge in [0, 0.05) is 29.2 Å². The maximum Gasteiger partial charge on any atom is 0.237 e. The Morgan fingerprint density at radius 1 is 1.28 bits per heavy atom. The van der Waals surface area contributed by atoms with Crippen molar-refractivity contribution in [1.29, 1.82) is 0 Å². The summed E-state index contributed by atoms with van der Waals surface area (Å²) in [6.07, 6.45) is 4.42. The molecule has 0 unspecified atom stereocenters. The van der Waals surface area contributed by atoms with Gasteiger partial charge < -0.3 is 14.6 Å². The van der Waals surface area contributed by atoms with Gasteiger partial charge in [-0.25, -0.2) is 22.4 Å². The number of hydrogen-bond donors (Lipinski definition) is 1. The number of H-pyrrole nitrogens is 1. The highest BCUT2D eigenvalue weighted by Gasteiger charge is 2.26. The molecule has 4 aromatic rings. The molecule has 0 saturated carbocycles. The van der Waals surface area contributed by atoms with Crippen LogP contribution >= 0.6 is 0 Å². The molecule has 0 radical (unpaired) electrons. The van der Waals surface area contributed by atoms with Gasteiger partial charge in [0.2, 0.25) is 10.0 Å². The maximum absolute atomic E-state index is 12.3. The van der Waals surface area contributed by atoms with E-state index in [1.54, 1.807) is 6.07 Å². The molecule has 3 aromatic heterocycles. The van der Waals surface area contributed by atoms with Crippen LogP contribution in [0.5, 0.6) is 0 Å². The zero-order chi connectivity index (χ0) is 20.2. The van der Waals surface area contributed by atoms with Gasteiger partial charge in [-0.3, -0.25) is 0 Å². The first kappa shape index (κ1) is 18.1. The topological polar surface area (TPSA) is 93.1 Å². The van der Waals surface area contributed by atoms with Gasteiger partial charge in [-0.2, -0.15) is 0 Å². The summed E-state index contributed by atoms with van der Waals surface area (Å²) in [5, 5.41) is 1.03. The van der Waals surface area contributed by atoms with Crippen molar-refractivity contribution in [3.8, 4) is 11.3 Å². The zero-order valence-corrected chi connectivity index (χ0v) is 17.0. The molecule has 1 fully saturated rings. The third-order valence-electron chi connectivity index (χ3n) is 5.35. The molecule has 4 heterocycles. The molecule has 1 N–H and O–H groups in total. The number of nitrogens with one attached hydrogen (secondary N) is 1. The summed E-state index contributed by atoms with van der Waals surface area (Å²) < 4.78 is 31.5. The number of morpholine rings is 1. The van der Waals surface area contributed by atoms with E-state index in [1.807, 2.05) is 30.5 Å². The number of benzene rings is 1. The molecule has 29 heavy (non-hydrogen) atoms. The van der Waals surface area contributed by atoms with Gasteiger partial charge in [-0.1, -0.05) is 12.1 Å². The number of imidazole rings is 1. The molecule has 150 valence electrons. The van der Waals surface area contributed by atoms with E-state index in [2.05, 4.69) is 21.8 Å². The number of ether oxygens (including phenoxy) is 1. The number of aromatic nitrogens is 4. The minimum Gasteiger partial charge on any atom is -0.377 e. The van der Waals surface area contributed by atoms with E-state index in [9.17, 15) is 8.42 Å². The summed E-state index contributed by atoms with van der Waals surface area (Å²) in [6, 6.07) is 9.88. The van der Waals surface area contributed by atoms with Crippen molar-refractivity contribution in [2.24, 2.45) is 0 Å². The van der Waals surface area contributed by atoms with E-state index in [-0.39, 0.29) is 6.04 Å². The molecule has 1 aliphatic rings. The lowest BCUT2D eigenvalue weighted by molar-refractivity contribution is 0.0987. The van der Waals surface area contributed by atoms with Gasteiger partial charge in [-0.15, -0.1) is 0 Å². The number of fused-ring (bicyclic) bond motifs is 2. The largest absolute Gasteiger partial charge is 0.377 e. The molecule has 1 aromatic carbocycles. The third-order valence-corrected chi connectivity index (χ3v) is 6.36. The minimum atomic E-state index is -3.50. The monoisotopic (exact) mass is 411 g/mol. The molecule has 0 aliphatic carbocycles. The minimum absolute atomic E-state index is 0.112. The third kappa shape index (κ3) is 2.97. The fourth-order valence-electron chi connectivity index (χ4n) is 3.93. The maximum atomic E-state index is 12.3. The van der Waals surface area contributed by atoms with E-state index in [1.165, 1.54) is 16.6 Å². The molecule has 8 nitrogen and oxygen atoms in total. The fraction of sp³-hybridized carbons (Fsp3) is 0.300. The number of anilines is 1. The number of rotatable bonds is 3. The Morgan fingerprint density at radius 3 is 2.93 bits per heavy atom. The first-order valence-corrected chi connectivity index (χ1v) is 11.3. The molecule has 9 heteroatoms. The molecule has 5 rings (SSSR count). The summed E-state index contributed by atoms with van der Waals surface area (Å²) in [5.74, 6) is 0.684. The van der Waals surface area contributed by atoms with Crippen molar-refractivity contribution in [2.45, 2.75) is 13.0 Å². The summed E-state index contributed by atoms with van der Waals surface area (Å²) in [5.41, 5.74) is 3.76. The summed E-state index contributed by atoms with van der Waals surface area (Å²) >= 11 is 0. The smallest absolute Gasteiger partial charge is 0.237 e. The van der Waals surface area contributed by atoms with E-state index in [0.717, 1.165) is 16.5 Å². The Bertz CT molecular complexity index is 1320. The lowest BCUT2D eigenvalue weighted by atomic mass is 10.1. The lowest BCUT2D eigenvalue weighted by Gasteiger charge is -2.34. The van der Waals surface area contributed by atoms with Gasteiger partial charge in [0.1, 0.15) is 11.8 Å². The summed E-state index contributed by atoms with van der Waals surface area (Å²) in [4.78, 5) is 14.7. The van der Waals surface area contributed by atoms with Crippen LogP contribution < -0.4 is 4.90 Å². The van der Waals surface area contributed by atoms with Crippen LogP contribution in [-0.4, -0.2) is 59.4 Å². The van der Waals surface area contributed by atoms with Crippen LogP contribution in [-0.2, 0) is 14.8 Å². The van der Waals surface area contributed by atoms with Gasteiger partial charge in [-0.05, 0) is 25.1 Å². The summed E-state index contributed by atoms with van der Waals surface area (Å²) in [7, 11) is -3.50. The highest BCUT2D eigenvalue weighted by Crippen LogP contribution is 2.34. The van der Waals surface area contributed by atoms with Crippen molar-refractivity contribution < 1.29 is 13.2 Å². The van der Waals surface area contributed by atoms with Crippen molar-refractivity contribution in [2.75, 3.05) is 30.9 Å². The molecule has 1 saturated heterocycles. The van der Waals surface area contributed by atoms with Crippen molar-refractivity contribution in [1.82, 2.24) is 18.9 Å². The molecule has 0 amide bonds. The Morgan fingerprint density at radius 2 is 2.14 bits per heavy atom. The van der Waals surface area contributed by atoms with Crippen molar-refractivity contribution in [3.63, 3.8) is 0 Å². The van der Waals surface area contributed by atoms with E-state index in [4.69, 9.17) is 9.72 Å². The van der Waals surface area contributed by atoms with Crippen LogP contribution in [0.2, 0.25) is 0 Å². The predicted octanol–water partition coefficient (Wildman–Crippen LogP) is 2.61. The van der Waals surface area contributed by atoms with Crippen LogP contribution in [0.4, 0.5) is 5.82 Å². The van der Waals surface area contributed by atoms with E-state index < -0.39 is 10.0 Å².